The molecule has 0 saturated heterocycles. The van der Waals surface area contributed by atoms with Crippen LogP contribution in [0.3, 0.4) is 0 Å². The van der Waals surface area contributed by atoms with Crippen molar-refractivity contribution in [3.8, 4) is 22.5 Å². The monoisotopic (exact) mass is 385 g/mol. The molecule has 1 N–H and O–H groups in total. The van der Waals surface area contributed by atoms with Gasteiger partial charge in [0.2, 0.25) is 0 Å². The van der Waals surface area contributed by atoms with Gasteiger partial charge in [0.1, 0.15) is 11.3 Å². The van der Waals surface area contributed by atoms with Gasteiger partial charge < -0.3 is 0 Å². The van der Waals surface area contributed by atoms with Gasteiger partial charge in [0.15, 0.2) is 5.69 Å². The summed E-state index contributed by atoms with van der Waals surface area (Å²) in [5, 5.41) is 4.68. The van der Waals surface area contributed by atoms with Crippen LogP contribution in [-0.2, 0) is 12.4 Å². The first-order valence-electron chi connectivity index (χ1n) is 7.76. The zero-order chi connectivity index (χ0) is 20.0. The van der Waals surface area contributed by atoms with Crippen LogP contribution < -0.4 is 0 Å². The number of aromatic nitrogens is 3. The Morgan fingerprint density at radius 2 is 1.48 bits per heavy atom. The van der Waals surface area contributed by atoms with Crippen LogP contribution in [0.25, 0.3) is 22.5 Å². The van der Waals surface area contributed by atoms with Crippen LogP contribution in [0, 0.1) is 13.8 Å². The molecule has 0 spiro atoms. The van der Waals surface area contributed by atoms with E-state index in [0.717, 1.165) is 16.7 Å². The largest absolute Gasteiger partial charge is 0.433 e. The van der Waals surface area contributed by atoms with E-state index in [1.165, 1.54) is 23.4 Å². The van der Waals surface area contributed by atoms with Gasteiger partial charge in [-0.2, -0.15) is 31.4 Å². The van der Waals surface area contributed by atoms with Crippen LogP contribution in [0.1, 0.15) is 22.4 Å². The Labute approximate surface area is 150 Å². The number of alkyl halides is 6. The molecule has 3 rings (SSSR count). The topological polar surface area (TPSA) is 41.6 Å². The maximum Gasteiger partial charge on any atom is 0.433 e. The molecule has 9 heteroatoms. The highest BCUT2D eigenvalue weighted by molar-refractivity contribution is 5.72. The summed E-state index contributed by atoms with van der Waals surface area (Å²) in [6.07, 6.45) is -9.12. The van der Waals surface area contributed by atoms with E-state index >= 15 is 0 Å². The highest BCUT2D eigenvalue weighted by Gasteiger charge is 2.48. The second-order valence-corrected chi connectivity index (χ2v) is 6.02. The van der Waals surface area contributed by atoms with Gasteiger partial charge in [0.05, 0.1) is 5.69 Å². The molecule has 0 unspecified atom stereocenters. The number of hydrogen-bond acceptors (Lipinski definition) is 2. The third-order valence-electron chi connectivity index (χ3n) is 4.11. The molecule has 0 bridgehead atoms. The fraction of sp³-hybridized carbons (Fsp3) is 0.222. The van der Waals surface area contributed by atoms with Gasteiger partial charge in [-0.1, -0.05) is 24.3 Å². The summed E-state index contributed by atoms with van der Waals surface area (Å²) in [6.45, 7) is 3.75. The lowest BCUT2D eigenvalue weighted by Gasteiger charge is -2.12. The number of benzene rings is 1. The first-order valence-corrected chi connectivity index (χ1v) is 7.76. The summed E-state index contributed by atoms with van der Waals surface area (Å²) in [4.78, 5) is 3.93. The van der Waals surface area contributed by atoms with Gasteiger partial charge in [0, 0.05) is 11.8 Å². The second-order valence-electron chi connectivity index (χ2n) is 6.02. The molecule has 2 heterocycles. The average Bonchev–Trinajstić information content (AvgIpc) is 3.01. The molecule has 0 saturated carbocycles. The maximum atomic E-state index is 13.2. The summed E-state index contributed by atoms with van der Waals surface area (Å²) >= 11 is 0. The fourth-order valence-corrected chi connectivity index (χ4v) is 2.96. The quantitative estimate of drug-likeness (QED) is 0.567. The van der Waals surface area contributed by atoms with E-state index in [4.69, 9.17) is 0 Å². The van der Waals surface area contributed by atoms with E-state index in [1.807, 2.05) is 32.0 Å². The van der Waals surface area contributed by atoms with Crippen LogP contribution in [0.4, 0.5) is 26.3 Å². The molecular formula is C18H13F6N3. The number of hydrogen-bond donors (Lipinski definition) is 1. The van der Waals surface area contributed by atoms with Crippen molar-refractivity contribution in [3.05, 3.63) is 58.9 Å². The standard InChI is InChI=1S/C18H13F6N3/c1-9-4-3-5-10(2)13(9)11-6-7-12(25-8-11)15-14(17(19,20)21)16(27-26-15)18(22,23)24/h3-8H,1-2H3,(H,26,27). The van der Waals surface area contributed by atoms with Gasteiger partial charge >= 0.3 is 12.4 Å². The Morgan fingerprint density at radius 1 is 0.852 bits per heavy atom. The number of pyridine rings is 1. The Balaban J connectivity index is 2.10. The molecule has 27 heavy (non-hydrogen) atoms. The third kappa shape index (κ3) is 3.54. The molecule has 0 fully saturated rings. The first-order chi connectivity index (χ1) is 12.5. The molecule has 3 aromatic rings. The molecule has 0 atom stereocenters. The summed E-state index contributed by atoms with van der Waals surface area (Å²) in [7, 11) is 0. The Hall–Kier alpha value is -2.84. The number of aryl methyl sites for hydroxylation is 2. The number of nitrogens with one attached hydrogen (secondary N) is 1. The minimum atomic E-state index is -5.24. The smallest absolute Gasteiger partial charge is 0.272 e. The lowest BCUT2D eigenvalue weighted by Crippen LogP contribution is -2.16. The maximum absolute atomic E-state index is 13.2. The van der Waals surface area contributed by atoms with Gasteiger partial charge in [-0.05, 0) is 36.6 Å². The third-order valence-corrected chi connectivity index (χ3v) is 4.11. The van der Waals surface area contributed by atoms with Crippen molar-refractivity contribution in [2.45, 2.75) is 26.2 Å². The fourth-order valence-electron chi connectivity index (χ4n) is 2.96. The number of halogens is 6. The lowest BCUT2D eigenvalue weighted by molar-refractivity contribution is -0.163. The van der Waals surface area contributed by atoms with E-state index in [2.05, 4.69) is 10.1 Å². The van der Waals surface area contributed by atoms with Crippen LogP contribution in [0.5, 0.6) is 0 Å². The molecule has 2 aromatic heterocycles. The predicted octanol–water partition coefficient (Wildman–Crippen LogP) is 5.79. The Bertz CT molecular complexity index is 948. The second kappa shape index (κ2) is 6.40. The minimum Gasteiger partial charge on any atom is -0.272 e. The summed E-state index contributed by atoms with van der Waals surface area (Å²) in [5.41, 5.74) is -1.60. The SMILES string of the molecule is Cc1cccc(C)c1-c1ccc(-c2n[nH]c(C(F)(F)F)c2C(F)(F)F)nc1. The van der Waals surface area contributed by atoms with E-state index in [1.54, 1.807) is 0 Å². The number of H-pyrrole nitrogens is 1. The summed E-state index contributed by atoms with van der Waals surface area (Å²) < 4.78 is 78.3. The first kappa shape index (κ1) is 18.9. The van der Waals surface area contributed by atoms with Gasteiger partial charge in [0.25, 0.3) is 0 Å². The van der Waals surface area contributed by atoms with E-state index < -0.39 is 29.3 Å². The number of nitrogens with zero attached hydrogens (tertiary/aromatic N) is 2. The molecule has 1 aromatic carbocycles. The van der Waals surface area contributed by atoms with Crippen LogP contribution in [-0.4, -0.2) is 15.2 Å². The van der Waals surface area contributed by atoms with Crippen LogP contribution in [0.2, 0.25) is 0 Å². The van der Waals surface area contributed by atoms with Crippen LogP contribution in [0.15, 0.2) is 36.5 Å². The van der Waals surface area contributed by atoms with Crippen molar-refractivity contribution in [1.29, 1.82) is 0 Å². The predicted molar refractivity (Wildman–Crippen MR) is 86.7 cm³/mol. The van der Waals surface area contributed by atoms with E-state index in [-0.39, 0.29) is 5.69 Å². The van der Waals surface area contributed by atoms with Gasteiger partial charge in [-0.25, -0.2) is 0 Å². The lowest BCUT2D eigenvalue weighted by atomic mass is 9.97. The molecule has 0 aliphatic rings. The zero-order valence-electron chi connectivity index (χ0n) is 14.1. The van der Waals surface area contributed by atoms with Gasteiger partial charge in [-0.3, -0.25) is 10.1 Å². The summed E-state index contributed by atoms with van der Waals surface area (Å²) in [6, 6.07) is 8.36. The molecular weight excluding hydrogens is 372 g/mol. The van der Waals surface area contributed by atoms with Crippen molar-refractivity contribution < 1.29 is 26.3 Å². The van der Waals surface area contributed by atoms with E-state index in [0.29, 0.717) is 5.56 Å². The van der Waals surface area contributed by atoms with Crippen molar-refractivity contribution in [2.24, 2.45) is 0 Å². The molecule has 0 radical (unpaired) electrons. The molecule has 142 valence electrons. The van der Waals surface area contributed by atoms with E-state index in [9.17, 15) is 26.3 Å². The van der Waals surface area contributed by atoms with Crippen molar-refractivity contribution >= 4 is 0 Å². The van der Waals surface area contributed by atoms with Gasteiger partial charge in [-0.15, -0.1) is 0 Å². The van der Waals surface area contributed by atoms with Crippen molar-refractivity contribution in [3.63, 3.8) is 0 Å². The highest BCUT2D eigenvalue weighted by Crippen LogP contribution is 2.43. The van der Waals surface area contributed by atoms with Crippen molar-refractivity contribution in [1.82, 2.24) is 15.2 Å². The number of aromatic amines is 1. The molecule has 3 nitrogen and oxygen atoms in total. The van der Waals surface area contributed by atoms with Crippen molar-refractivity contribution in [2.75, 3.05) is 0 Å². The normalized spacial score (nSPS) is 12.4. The molecule has 0 amide bonds. The average molecular weight is 385 g/mol. The summed E-state index contributed by atoms with van der Waals surface area (Å²) in [5.74, 6) is 0. The molecule has 0 aliphatic carbocycles. The zero-order valence-corrected chi connectivity index (χ0v) is 14.1. The molecule has 0 aliphatic heterocycles. The number of rotatable bonds is 2. The van der Waals surface area contributed by atoms with Crippen LogP contribution >= 0.6 is 0 Å². The Morgan fingerprint density at radius 3 is 1.96 bits per heavy atom. The Kier molecular flexibility index (Phi) is 4.49. The highest BCUT2D eigenvalue weighted by atomic mass is 19.4. The minimum absolute atomic E-state index is 0.302.